The third-order valence-electron chi connectivity index (χ3n) is 2.64. The van der Waals surface area contributed by atoms with Gasteiger partial charge in [-0.25, -0.2) is 0 Å². The molecule has 1 aromatic heterocycles. The predicted molar refractivity (Wildman–Crippen MR) is 57.8 cm³/mol. The van der Waals surface area contributed by atoms with Gasteiger partial charge in [0, 0.05) is 18.8 Å². The number of hydrogen-bond acceptors (Lipinski definition) is 5. The van der Waals surface area contributed by atoms with Crippen LogP contribution >= 0.6 is 0 Å². The molecule has 0 radical (unpaired) electrons. The lowest BCUT2D eigenvalue weighted by Crippen LogP contribution is -2.21. The summed E-state index contributed by atoms with van der Waals surface area (Å²) in [7, 11) is 0. The zero-order valence-corrected chi connectivity index (χ0v) is 9.46. The number of pyridine rings is 1. The van der Waals surface area contributed by atoms with Crippen LogP contribution in [0, 0.1) is 5.92 Å². The van der Waals surface area contributed by atoms with Gasteiger partial charge < -0.3 is 9.47 Å². The molecule has 5 heteroatoms. The molecule has 0 N–H and O–H groups in total. The summed E-state index contributed by atoms with van der Waals surface area (Å²) in [4.78, 5) is 26.9. The van der Waals surface area contributed by atoms with E-state index in [2.05, 4.69) is 4.98 Å². The van der Waals surface area contributed by atoms with Crippen molar-refractivity contribution in [3.8, 4) is 0 Å². The Kier molecular flexibility index (Phi) is 3.37. The van der Waals surface area contributed by atoms with Gasteiger partial charge in [-0.05, 0) is 24.6 Å². The maximum atomic E-state index is 11.5. The summed E-state index contributed by atoms with van der Waals surface area (Å²) in [5.41, 5.74) is 0.847. The van der Waals surface area contributed by atoms with Crippen LogP contribution in [0.2, 0.25) is 0 Å². The summed E-state index contributed by atoms with van der Waals surface area (Å²) in [6.45, 7) is 1.97. The summed E-state index contributed by atoms with van der Waals surface area (Å²) < 4.78 is 9.99. The van der Waals surface area contributed by atoms with Crippen LogP contribution in [0.5, 0.6) is 0 Å². The maximum Gasteiger partial charge on any atom is 0.321 e. The second-order valence-corrected chi connectivity index (χ2v) is 3.75. The van der Waals surface area contributed by atoms with Crippen molar-refractivity contribution in [3.05, 3.63) is 30.1 Å². The monoisotopic (exact) mass is 235 g/mol. The number of carbonyl (C=O) groups is 2. The van der Waals surface area contributed by atoms with Crippen LogP contribution in [-0.4, -0.2) is 23.5 Å². The van der Waals surface area contributed by atoms with Crippen LogP contribution in [0.25, 0.3) is 0 Å². The first-order valence-corrected chi connectivity index (χ1v) is 5.49. The van der Waals surface area contributed by atoms with Gasteiger partial charge in [-0.3, -0.25) is 14.6 Å². The molecule has 2 rings (SSSR count). The van der Waals surface area contributed by atoms with E-state index in [1.807, 2.05) is 0 Å². The van der Waals surface area contributed by atoms with E-state index in [9.17, 15) is 9.59 Å². The largest absolute Gasteiger partial charge is 0.465 e. The lowest BCUT2D eigenvalue weighted by molar-refractivity contribution is -0.156. The SMILES string of the molecule is CCOC(=O)C1CC(c2ccncc2)OC1=O. The molecule has 1 aliphatic heterocycles. The van der Waals surface area contributed by atoms with E-state index in [1.54, 1.807) is 31.5 Å². The number of ether oxygens (including phenoxy) is 2. The quantitative estimate of drug-likeness (QED) is 0.582. The van der Waals surface area contributed by atoms with Gasteiger partial charge in [0.25, 0.3) is 0 Å². The van der Waals surface area contributed by atoms with Gasteiger partial charge in [0.15, 0.2) is 5.92 Å². The lowest BCUT2D eigenvalue weighted by atomic mass is 10.0. The molecule has 0 saturated carbocycles. The molecule has 17 heavy (non-hydrogen) atoms. The van der Waals surface area contributed by atoms with Crippen molar-refractivity contribution in [1.82, 2.24) is 4.98 Å². The fraction of sp³-hybridized carbons (Fsp3) is 0.417. The Morgan fingerprint density at radius 3 is 2.88 bits per heavy atom. The Morgan fingerprint density at radius 1 is 1.53 bits per heavy atom. The van der Waals surface area contributed by atoms with Crippen molar-refractivity contribution < 1.29 is 19.1 Å². The van der Waals surface area contributed by atoms with Crippen LogP contribution in [0.15, 0.2) is 24.5 Å². The second-order valence-electron chi connectivity index (χ2n) is 3.75. The fourth-order valence-corrected chi connectivity index (χ4v) is 1.80. The highest BCUT2D eigenvalue weighted by Gasteiger charge is 2.41. The molecule has 90 valence electrons. The summed E-state index contributed by atoms with van der Waals surface area (Å²) in [5.74, 6) is -1.81. The first-order valence-electron chi connectivity index (χ1n) is 5.49. The molecule has 2 unspecified atom stereocenters. The minimum absolute atomic E-state index is 0.266. The van der Waals surface area contributed by atoms with Crippen LogP contribution in [-0.2, 0) is 19.1 Å². The molecular formula is C12H13NO4. The van der Waals surface area contributed by atoms with Gasteiger partial charge in [0.05, 0.1) is 6.61 Å². The topological polar surface area (TPSA) is 65.5 Å². The highest BCUT2D eigenvalue weighted by Crippen LogP contribution is 2.33. The van der Waals surface area contributed by atoms with E-state index >= 15 is 0 Å². The van der Waals surface area contributed by atoms with E-state index in [0.29, 0.717) is 6.42 Å². The zero-order valence-electron chi connectivity index (χ0n) is 9.46. The summed E-state index contributed by atoms with van der Waals surface area (Å²) in [5, 5.41) is 0. The first-order chi connectivity index (χ1) is 8.22. The normalized spacial score (nSPS) is 23.2. The molecule has 1 aromatic rings. The van der Waals surface area contributed by atoms with Crippen molar-refractivity contribution in [2.75, 3.05) is 6.61 Å². The van der Waals surface area contributed by atoms with Gasteiger partial charge in [0.1, 0.15) is 6.10 Å². The number of esters is 2. The first kappa shape index (κ1) is 11.6. The smallest absolute Gasteiger partial charge is 0.321 e. The molecule has 1 aliphatic rings. The molecule has 5 nitrogen and oxygen atoms in total. The maximum absolute atomic E-state index is 11.5. The predicted octanol–water partition coefficient (Wildman–Crippen LogP) is 1.25. The van der Waals surface area contributed by atoms with Crippen molar-refractivity contribution in [3.63, 3.8) is 0 Å². The Balaban J connectivity index is 2.07. The standard InChI is InChI=1S/C12H13NO4/c1-2-16-11(14)9-7-10(17-12(9)15)8-3-5-13-6-4-8/h3-6,9-10H,2,7H2,1H3. The summed E-state index contributed by atoms with van der Waals surface area (Å²) in [6, 6.07) is 3.54. The Hall–Kier alpha value is -1.91. The molecule has 2 atom stereocenters. The molecule has 0 spiro atoms. The average molecular weight is 235 g/mol. The third-order valence-corrected chi connectivity index (χ3v) is 2.64. The van der Waals surface area contributed by atoms with Crippen molar-refractivity contribution in [1.29, 1.82) is 0 Å². The minimum Gasteiger partial charge on any atom is -0.465 e. The van der Waals surface area contributed by atoms with E-state index < -0.39 is 17.9 Å². The van der Waals surface area contributed by atoms with Gasteiger partial charge in [-0.1, -0.05) is 0 Å². The zero-order chi connectivity index (χ0) is 12.3. The molecule has 1 fully saturated rings. The Morgan fingerprint density at radius 2 is 2.24 bits per heavy atom. The summed E-state index contributed by atoms with van der Waals surface area (Å²) >= 11 is 0. The van der Waals surface area contributed by atoms with Gasteiger partial charge in [-0.2, -0.15) is 0 Å². The number of nitrogens with zero attached hydrogens (tertiary/aromatic N) is 1. The molecular weight excluding hydrogens is 222 g/mol. The van der Waals surface area contributed by atoms with Gasteiger partial charge in [0.2, 0.25) is 0 Å². The van der Waals surface area contributed by atoms with Crippen molar-refractivity contribution >= 4 is 11.9 Å². The van der Waals surface area contributed by atoms with Crippen LogP contribution in [0.4, 0.5) is 0 Å². The van der Waals surface area contributed by atoms with Crippen LogP contribution in [0.3, 0.4) is 0 Å². The Labute approximate surface area is 98.7 Å². The minimum atomic E-state index is -0.798. The second kappa shape index (κ2) is 4.95. The number of cyclic esters (lactones) is 1. The van der Waals surface area contributed by atoms with Crippen molar-refractivity contribution in [2.45, 2.75) is 19.4 Å². The highest BCUT2D eigenvalue weighted by atomic mass is 16.6. The molecule has 0 aromatic carbocycles. The van der Waals surface area contributed by atoms with Gasteiger partial charge >= 0.3 is 11.9 Å². The molecule has 1 saturated heterocycles. The molecule has 0 aliphatic carbocycles. The highest BCUT2D eigenvalue weighted by molar-refractivity contribution is 5.96. The van der Waals surface area contributed by atoms with Crippen LogP contribution < -0.4 is 0 Å². The third kappa shape index (κ3) is 2.43. The number of carbonyl (C=O) groups excluding carboxylic acids is 2. The number of hydrogen-bond donors (Lipinski definition) is 0. The van der Waals surface area contributed by atoms with E-state index in [0.717, 1.165) is 5.56 Å². The van der Waals surface area contributed by atoms with Crippen molar-refractivity contribution in [2.24, 2.45) is 5.92 Å². The molecule has 0 bridgehead atoms. The summed E-state index contributed by atoms with van der Waals surface area (Å²) in [6.07, 6.45) is 3.21. The fourth-order valence-electron chi connectivity index (χ4n) is 1.80. The van der Waals surface area contributed by atoms with E-state index in [-0.39, 0.29) is 12.7 Å². The molecule has 0 amide bonds. The number of rotatable bonds is 3. The van der Waals surface area contributed by atoms with E-state index in [4.69, 9.17) is 9.47 Å². The van der Waals surface area contributed by atoms with Gasteiger partial charge in [-0.15, -0.1) is 0 Å². The van der Waals surface area contributed by atoms with Crippen LogP contribution in [0.1, 0.15) is 25.0 Å². The Bertz CT molecular complexity index is 418. The molecule has 2 heterocycles. The lowest BCUT2D eigenvalue weighted by Gasteiger charge is -2.07. The average Bonchev–Trinajstić information content (AvgIpc) is 2.73. The van der Waals surface area contributed by atoms with E-state index in [1.165, 1.54) is 0 Å². The number of aromatic nitrogens is 1.